The lowest BCUT2D eigenvalue weighted by molar-refractivity contribution is -0.117. The molecule has 0 spiro atoms. The van der Waals surface area contributed by atoms with Crippen molar-refractivity contribution in [3.05, 3.63) is 53.6 Å². The predicted octanol–water partition coefficient (Wildman–Crippen LogP) is 3.34. The van der Waals surface area contributed by atoms with Gasteiger partial charge in [-0.15, -0.1) is 0 Å². The maximum absolute atomic E-state index is 12.3. The molecule has 0 aliphatic carbocycles. The molecule has 2 aliphatic heterocycles. The number of aryl methyl sites for hydroxylation is 1. The monoisotopic (exact) mass is 394 g/mol. The minimum atomic E-state index is -0.0800. The molecule has 0 atom stereocenters. The molecule has 2 aliphatic rings. The number of benzene rings is 2. The standard InChI is InChI=1S/C23H26N2O4/c26-22-5-3-13-25(22)19-9-7-18(8-10-19)23(27)24-12-2-1-4-17-6-11-20-21(16-17)29-15-14-28-20/h6-11,16H,1-5,12-15H2,(H,24,27). The van der Waals surface area contributed by atoms with Crippen molar-refractivity contribution in [1.29, 1.82) is 0 Å². The van der Waals surface area contributed by atoms with Crippen LogP contribution >= 0.6 is 0 Å². The van der Waals surface area contributed by atoms with Crippen LogP contribution in [0.25, 0.3) is 0 Å². The van der Waals surface area contributed by atoms with Crippen molar-refractivity contribution in [1.82, 2.24) is 5.32 Å². The minimum Gasteiger partial charge on any atom is -0.486 e. The quantitative estimate of drug-likeness (QED) is 0.732. The van der Waals surface area contributed by atoms with Crippen molar-refractivity contribution in [3.8, 4) is 11.5 Å². The lowest BCUT2D eigenvalue weighted by Crippen LogP contribution is -2.25. The van der Waals surface area contributed by atoms with E-state index in [0.717, 1.165) is 49.4 Å². The highest BCUT2D eigenvalue weighted by Gasteiger charge is 2.21. The van der Waals surface area contributed by atoms with Crippen LogP contribution in [0, 0.1) is 0 Å². The fourth-order valence-electron chi connectivity index (χ4n) is 3.72. The highest BCUT2D eigenvalue weighted by molar-refractivity contribution is 5.97. The molecular weight excluding hydrogens is 368 g/mol. The Kier molecular flexibility index (Phi) is 5.98. The molecule has 2 heterocycles. The van der Waals surface area contributed by atoms with E-state index in [-0.39, 0.29) is 11.8 Å². The first-order valence-corrected chi connectivity index (χ1v) is 10.3. The maximum atomic E-state index is 12.3. The summed E-state index contributed by atoms with van der Waals surface area (Å²) >= 11 is 0. The zero-order chi connectivity index (χ0) is 20.1. The molecule has 6 nitrogen and oxygen atoms in total. The third-order valence-electron chi connectivity index (χ3n) is 5.30. The molecule has 1 saturated heterocycles. The smallest absolute Gasteiger partial charge is 0.251 e. The summed E-state index contributed by atoms with van der Waals surface area (Å²) in [5, 5.41) is 2.97. The first-order chi connectivity index (χ1) is 14.2. The van der Waals surface area contributed by atoms with Crippen molar-refractivity contribution < 1.29 is 19.1 Å². The highest BCUT2D eigenvalue weighted by Crippen LogP contribution is 2.31. The molecule has 1 N–H and O–H groups in total. The highest BCUT2D eigenvalue weighted by atomic mass is 16.6. The average molecular weight is 394 g/mol. The normalized spacial score (nSPS) is 15.4. The number of nitrogens with zero attached hydrogens (tertiary/aromatic N) is 1. The van der Waals surface area contributed by atoms with Crippen LogP contribution in [0.5, 0.6) is 11.5 Å². The first kappa shape index (κ1) is 19.3. The van der Waals surface area contributed by atoms with E-state index in [9.17, 15) is 9.59 Å². The molecule has 0 aromatic heterocycles. The van der Waals surface area contributed by atoms with Crippen LogP contribution < -0.4 is 19.7 Å². The third kappa shape index (κ3) is 4.70. The number of hydrogen-bond donors (Lipinski definition) is 1. The number of rotatable bonds is 7. The lowest BCUT2D eigenvalue weighted by Gasteiger charge is -2.18. The number of fused-ring (bicyclic) bond motifs is 1. The van der Waals surface area contributed by atoms with Crippen molar-refractivity contribution in [2.45, 2.75) is 32.1 Å². The van der Waals surface area contributed by atoms with E-state index in [2.05, 4.69) is 11.4 Å². The molecule has 4 rings (SSSR count). The number of nitrogens with one attached hydrogen (secondary N) is 1. The molecule has 2 aromatic carbocycles. The third-order valence-corrected chi connectivity index (χ3v) is 5.30. The van der Waals surface area contributed by atoms with Gasteiger partial charge in [0.15, 0.2) is 11.5 Å². The number of carbonyl (C=O) groups is 2. The van der Waals surface area contributed by atoms with Crippen LogP contribution in [0.15, 0.2) is 42.5 Å². The Morgan fingerprint density at radius 1 is 1.00 bits per heavy atom. The average Bonchev–Trinajstić information content (AvgIpc) is 3.19. The Morgan fingerprint density at radius 2 is 1.79 bits per heavy atom. The van der Waals surface area contributed by atoms with Gasteiger partial charge in [0, 0.05) is 30.8 Å². The van der Waals surface area contributed by atoms with Gasteiger partial charge in [-0.3, -0.25) is 9.59 Å². The Balaban J connectivity index is 1.19. The SMILES string of the molecule is O=C(NCCCCc1ccc2c(c1)OCCO2)c1ccc(N2CCCC2=O)cc1. The van der Waals surface area contributed by atoms with E-state index in [0.29, 0.717) is 31.7 Å². The van der Waals surface area contributed by atoms with Crippen molar-refractivity contribution in [3.63, 3.8) is 0 Å². The van der Waals surface area contributed by atoms with Gasteiger partial charge in [-0.05, 0) is 67.6 Å². The van der Waals surface area contributed by atoms with E-state index >= 15 is 0 Å². The van der Waals surface area contributed by atoms with Gasteiger partial charge in [-0.2, -0.15) is 0 Å². The number of ether oxygens (including phenoxy) is 2. The summed E-state index contributed by atoms with van der Waals surface area (Å²) in [6.45, 7) is 2.59. The number of hydrogen-bond acceptors (Lipinski definition) is 4. The molecule has 6 heteroatoms. The van der Waals surface area contributed by atoms with E-state index in [4.69, 9.17) is 9.47 Å². The van der Waals surface area contributed by atoms with Crippen molar-refractivity contribution >= 4 is 17.5 Å². The molecule has 0 unspecified atom stereocenters. The summed E-state index contributed by atoms with van der Waals surface area (Å²) in [4.78, 5) is 25.9. The van der Waals surface area contributed by atoms with Crippen LogP contribution in [-0.2, 0) is 11.2 Å². The molecule has 0 bridgehead atoms. The van der Waals surface area contributed by atoms with Crippen LogP contribution in [0.4, 0.5) is 5.69 Å². The van der Waals surface area contributed by atoms with Gasteiger partial charge in [-0.25, -0.2) is 0 Å². The molecule has 2 amide bonds. The van der Waals surface area contributed by atoms with Crippen molar-refractivity contribution in [2.75, 3.05) is 31.2 Å². The number of carbonyl (C=O) groups excluding carboxylic acids is 2. The summed E-state index contributed by atoms with van der Waals surface area (Å²) < 4.78 is 11.2. The second-order valence-corrected chi connectivity index (χ2v) is 7.39. The second kappa shape index (κ2) is 8.99. The number of anilines is 1. The zero-order valence-electron chi connectivity index (χ0n) is 16.5. The molecule has 1 fully saturated rings. The topological polar surface area (TPSA) is 67.9 Å². The minimum absolute atomic E-state index is 0.0800. The van der Waals surface area contributed by atoms with Crippen LogP contribution in [-0.4, -0.2) is 38.1 Å². The van der Waals surface area contributed by atoms with Gasteiger partial charge in [0.25, 0.3) is 5.91 Å². The maximum Gasteiger partial charge on any atom is 0.251 e. The van der Waals surface area contributed by atoms with Crippen LogP contribution in [0.2, 0.25) is 0 Å². The van der Waals surface area contributed by atoms with Crippen LogP contribution in [0.1, 0.15) is 41.6 Å². The van der Waals surface area contributed by atoms with E-state index in [1.165, 1.54) is 5.56 Å². The number of amides is 2. The summed E-state index contributed by atoms with van der Waals surface area (Å²) in [6.07, 6.45) is 4.32. The van der Waals surface area contributed by atoms with Crippen molar-refractivity contribution in [2.24, 2.45) is 0 Å². The summed E-state index contributed by atoms with van der Waals surface area (Å²) in [7, 11) is 0. The van der Waals surface area contributed by atoms with Gasteiger partial charge in [0.2, 0.25) is 5.91 Å². The molecular formula is C23H26N2O4. The Morgan fingerprint density at radius 3 is 2.55 bits per heavy atom. The van der Waals surface area contributed by atoms with E-state index in [1.54, 1.807) is 17.0 Å². The Hall–Kier alpha value is -3.02. The Bertz CT molecular complexity index is 879. The molecule has 29 heavy (non-hydrogen) atoms. The fraction of sp³-hybridized carbons (Fsp3) is 0.391. The first-order valence-electron chi connectivity index (χ1n) is 10.3. The zero-order valence-corrected chi connectivity index (χ0v) is 16.5. The second-order valence-electron chi connectivity index (χ2n) is 7.39. The van der Waals surface area contributed by atoms with E-state index in [1.807, 2.05) is 24.3 Å². The van der Waals surface area contributed by atoms with Gasteiger partial charge >= 0.3 is 0 Å². The number of unbranched alkanes of at least 4 members (excludes halogenated alkanes) is 1. The molecule has 0 radical (unpaired) electrons. The molecule has 2 aromatic rings. The van der Waals surface area contributed by atoms with Crippen LogP contribution in [0.3, 0.4) is 0 Å². The van der Waals surface area contributed by atoms with Gasteiger partial charge in [0.05, 0.1) is 0 Å². The summed E-state index contributed by atoms with van der Waals surface area (Å²) in [5.41, 5.74) is 2.70. The van der Waals surface area contributed by atoms with Gasteiger partial charge in [0.1, 0.15) is 13.2 Å². The molecule has 0 saturated carbocycles. The van der Waals surface area contributed by atoms with Gasteiger partial charge in [-0.1, -0.05) is 6.07 Å². The fourth-order valence-corrected chi connectivity index (χ4v) is 3.72. The van der Waals surface area contributed by atoms with Gasteiger partial charge < -0.3 is 19.7 Å². The Labute approximate surface area is 170 Å². The largest absolute Gasteiger partial charge is 0.486 e. The molecule has 152 valence electrons. The summed E-state index contributed by atoms with van der Waals surface area (Å²) in [5.74, 6) is 1.71. The predicted molar refractivity (Wildman–Crippen MR) is 111 cm³/mol. The van der Waals surface area contributed by atoms with E-state index < -0.39 is 0 Å². The summed E-state index contributed by atoms with van der Waals surface area (Å²) in [6, 6.07) is 13.3. The lowest BCUT2D eigenvalue weighted by atomic mass is 10.1.